The normalized spacial score (nSPS) is 25.5. The molecule has 1 saturated carbocycles. The van der Waals surface area contributed by atoms with Gasteiger partial charge in [0, 0.05) is 12.7 Å². The summed E-state index contributed by atoms with van der Waals surface area (Å²) in [5.41, 5.74) is 0.477. The van der Waals surface area contributed by atoms with Gasteiger partial charge in [0.15, 0.2) is 0 Å². The summed E-state index contributed by atoms with van der Waals surface area (Å²) in [6.07, 6.45) is 2.97. The van der Waals surface area contributed by atoms with Gasteiger partial charge in [-0.3, -0.25) is 9.89 Å². The molecule has 2 rings (SSSR count). The fraction of sp³-hybridized carbons (Fsp3) is 0.556. The minimum absolute atomic E-state index is 0.135. The van der Waals surface area contributed by atoms with E-state index in [0.717, 1.165) is 12.8 Å². The lowest BCUT2D eigenvalue weighted by Crippen LogP contribution is -2.38. The molecule has 0 bridgehead atoms. The highest BCUT2D eigenvalue weighted by Crippen LogP contribution is 2.26. The van der Waals surface area contributed by atoms with E-state index in [1.807, 2.05) is 0 Å². The molecular formula is C9H13N3O2. The van der Waals surface area contributed by atoms with Crippen molar-refractivity contribution in [2.45, 2.75) is 18.9 Å². The maximum Gasteiger partial charge on any atom is 0.269 e. The number of aromatic nitrogens is 2. The van der Waals surface area contributed by atoms with E-state index in [-0.39, 0.29) is 12.0 Å². The van der Waals surface area contributed by atoms with Gasteiger partial charge in [-0.15, -0.1) is 0 Å². The number of hydrogen-bond donors (Lipinski definition) is 3. The van der Waals surface area contributed by atoms with Crippen LogP contribution in [0.25, 0.3) is 0 Å². The number of amides is 1. The number of aliphatic hydroxyl groups is 1. The number of carbonyl (C=O) groups is 1. The van der Waals surface area contributed by atoms with E-state index in [9.17, 15) is 4.79 Å². The highest BCUT2D eigenvalue weighted by molar-refractivity contribution is 5.92. The first-order chi connectivity index (χ1) is 6.75. The molecule has 1 aromatic heterocycles. The van der Waals surface area contributed by atoms with E-state index >= 15 is 0 Å². The Hall–Kier alpha value is -1.36. The molecule has 0 aromatic carbocycles. The van der Waals surface area contributed by atoms with Crippen molar-refractivity contribution < 1.29 is 9.90 Å². The second-order valence-electron chi connectivity index (χ2n) is 3.67. The zero-order valence-corrected chi connectivity index (χ0v) is 7.73. The first-order valence-corrected chi connectivity index (χ1v) is 4.71. The van der Waals surface area contributed by atoms with Gasteiger partial charge >= 0.3 is 0 Å². The van der Waals surface area contributed by atoms with Crippen molar-refractivity contribution in [2.24, 2.45) is 5.92 Å². The maximum atomic E-state index is 11.4. The number of nitrogens with zero attached hydrogens (tertiary/aromatic N) is 1. The average molecular weight is 195 g/mol. The first-order valence-electron chi connectivity index (χ1n) is 4.71. The molecule has 14 heavy (non-hydrogen) atoms. The summed E-state index contributed by atoms with van der Waals surface area (Å²) in [4.78, 5) is 11.4. The van der Waals surface area contributed by atoms with E-state index in [0.29, 0.717) is 18.2 Å². The third kappa shape index (κ3) is 1.93. The Morgan fingerprint density at radius 3 is 3.07 bits per heavy atom. The van der Waals surface area contributed by atoms with Crippen LogP contribution in [0.15, 0.2) is 12.3 Å². The Morgan fingerprint density at radius 1 is 1.71 bits per heavy atom. The largest absolute Gasteiger partial charge is 0.393 e. The van der Waals surface area contributed by atoms with Crippen molar-refractivity contribution in [2.75, 3.05) is 6.54 Å². The lowest BCUT2D eigenvalue weighted by atomic mass is 9.82. The van der Waals surface area contributed by atoms with Gasteiger partial charge in [0.05, 0.1) is 6.10 Å². The Morgan fingerprint density at radius 2 is 2.50 bits per heavy atom. The summed E-state index contributed by atoms with van der Waals surface area (Å²) in [5, 5.41) is 18.1. The van der Waals surface area contributed by atoms with Crippen LogP contribution >= 0.6 is 0 Å². The molecule has 1 amide bonds. The fourth-order valence-electron chi connectivity index (χ4n) is 1.58. The summed E-state index contributed by atoms with van der Waals surface area (Å²) in [7, 11) is 0. The molecule has 0 unspecified atom stereocenters. The number of carbonyl (C=O) groups excluding carboxylic acids is 1. The van der Waals surface area contributed by atoms with Crippen LogP contribution in [0.3, 0.4) is 0 Å². The average Bonchev–Trinajstić information content (AvgIpc) is 2.62. The van der Waals surface area contributed by atoms with E-state index in [2.05, 4.69) is 15.5 Å². The molecule has 1 aromatic rings. The highest BCUT2D eigenvalue weighted by atomic mass is 16.3. The first kappa shape index (κ1) is 9.21. The summed E-state index contributed by atoms with van der Waals surface area (Å²) >= 11 is 0. The molecule has 0 spiro atoms. The summed E-state index contributed by atoms with van der Waals surface area (Å²) in [5.74, 6) is 0.292. The van der Waals surface area contributed by atoms with Crippen LogP contribution in [0.5, 0.6) is 0 Å². The molecule has 1 heterocycles. The molecule has 1 aliphatic rings. The van der Waals surface area contributed by atoms with Crippen LogP contribution in [0, 0.1) is 5.92 Å². The molecule has 0 radical (unpaired) electrons. The van der Waals surface area contributed by atoms with Crippen molar-refractivity contribution in [3.05, 3.63) is 18.0 Å². The smallest absolute Gasteiger partial charge is 0.269 e. The van der Waals surface area contributed by atoms with Crippen molar-refractivity contribution in [3.63, 3.8) is 0 Å². The Kier molecular flexibility index (Phi) is 2.49. The van der Waals surface area contributed by atoms with Crippen LogP contribution in [-0.4, -0.2) is 33.9 Å². The van der Waals surface area contributed by atoms with Crippen LogP contribution in [0.4, 0.5) is 0 Å². The molecule has 5 heteroatoms. The number of H-pyrrole nitrogens is 1. The van der Waals surface area contributed by atoms with Crippen molar-refractivity contribution >= 4 is 5.91 Å². The van der Waals surface area contributed by atoms with Gasteiger partial charge in [0.25, 0.3) is 5.91 Å². The van der Waals surface area contributed by atoms with E-state index in [1.54, 1.807) is 12.3 Å². The Labute approximate surface area is 81.5 Å². The number of aliphatic hydroxyl groups excluding tert-OH is 1. The van der Waals surface area contributed by atoms with Gasteiger partial charge in [-0.1, -0.05) is 0 Å². The predicted molar refractivity (Wildman–Crippen MR) is 49.7 cm³/mol. The number of nitrogens with one attached hydrogen (secondary N) is 2. The number of aromatic amines is 1. The molecule has 1 fully saturated rings. The molecule has 1 aliphatic carbocycles. The van der Waals surface area contributed by atoms with E-state index in [4.69, 9.17) is 5.11 Å². The van der Waals surface area contributed by atoms with Gasteiger partial charge in [0.2, 0.25) is 0 Å². The second-order valence-corrected chi connectivity index (χ2v) is 3.67. The molecular weight excluding hydrogens is 182 g/mol. The second kappa shape index (κ2) is 3.79. The van der Waals surface area contributed by atoms with Gasteiger partial charge in [0.1, 0.15) is 5.69 Å². The molecule has 3 N–H and O–H groups in total. The van der Waals surface area contributed by atoms with Crippen LogP contribution in [0.2, 0.25) is 0 Å². The van der Waals surface area contributed by atoms with Crippen LogP contribution < -0.4 is 5.32 Å². The zero-order chi connectivity index (χ0) is 9.97. The molecule has 5 nitrogen and oxygen atoms in total. The van der Waals surface area contributed by atoms with Crippen LogP contribution in [0.1, 0.15) is 23.3 Å². The van der Waals surface area contributed by atoms with Gasteiger partial charge in [-0.05, 0) is 24.8 Å². The Balaban J connectivity index is 1.74. The van der Waals surface area contributed by atoms with Gasteiger partial charge in [-0.25, -0.2) is 0 Å². The van der Waals surface area contributed by atoms with Crippen molar-refractivity contribution in [1.29, 1.82) is 0 Å². The summed E-state index contributed by atoms with van der Waals surface area (Å²) in [6.45, 7) is 0.634. The summed E-state index contributed by atoms with van der Waals surface area (Å²) in [6, 6.07) is 1.63. The van der Waals surface area contributed by atoms with E-state index in [1.165, 1.54) is 0 Å². The monoisotopic (exact) mass is 195 g/mol. The fourth-order valence-corrected chi connectivity index (χ4v) is 1.58. The Bertz CT molecular complexity index is 304. The quantitative estimate of drug-likeness (QED) is 0.630. The van der Waals surface area contributed by atoms with Gasteiger partial charge in [-0.2, -0.15) is 5.10 Å². The number of rotatable bonds is 3. The lowest BCUT2D eigenvalue weighted by molar-refractivity contribution is 0.0419. The molecule has 0 atom stereocenters. The highest BCUT2D eigenvalue weighted by Gasteiger charge is 2.27. The lowest BCUT2D eigenvalue weighted by Gasteiger charge is -2.31. The minimum atomic E-state index is -0.163. The number of hydrogen-bond acceptors (Lipinski definition) is 3. The maximum absolute atomic E-state index is 11.4. The molecule has 0 aliphatic heterocycles. The third-order valence-corrected chi connectivity index (χ3v) is 2.51. The van der Waals surface area contributed by atoms with Gasteiger partial charge < -0.3 is 10.4 Å². The molecule has 0 saturated heterocycles. The topological polar surface area (TPSA) is 78.0 Å². The molecule has 76 valence electrons. The third-order valence-electron chi connectivity index (χ3n) is 2.51. The SMILES string of the molecule is O=C(NCC1CC(O)C1)c1ccn[nH]1. The van der Waals surface area contributed by atoms with E-state index < -0.39 is 0 Å². The van der Waals surface area contributed by atoms with Crippen LogP contribution in [-0.2, 0) is 0 Å². The summed E-state index contributed by atoms with van der Waals surface area (Å²) < 4.78 is 0. The standard InChI is InChI=1S/C9H13N3O2/c13-7-3-6(4-7)5-10-9(14)8-1-2-11-12-8/h1-2,6-7,13H,3-5H2,(H,10,14)(H,11,12). The predicted octanol–water partition coefficient (Wildman–Crippen LogP) is -0.0896. The zero-order valence-electron chi connectivity index (χ0n) is 7.73. The minimum Gasteiger partial charge on any atom is -0.393 e. The van der Waals surface area contributed by atoms with Crippen molar-refractivity contribution in [3.8, 4) is 0 Å². The van der Waals surface area contributed by atoms with Crippen molar-refractivity contribution in [1.82, 2.24) is 15.5 Å².